The predicted octanol–water partition coefficient (Wildman–Crippen LogP) is 1.49. The van der Waals surface area contributed by atoms with Crippen molar-refractivity contribution in [2.45, 2.75) is 6.92 Å². The number of nitrogens with two attached hydrogens (primary N) is 1. The fraction of sp³-hybridized carbons (Fsp3) is 0.125. The minimum Gasteiger partial charge on any atom is -0.366 e. The van der Waals surface area contributed by atoms with Gasteiger partial charge < -0.3 is 5.73 Å². The molecule has 0 saturated carbocycles. The molecule has 4 heteroatoms. The number of aryl methyl sites for hydroxylation is 1. The lowest BCUT2D eigenvalue weighted by atomic mass is 10.1. The minimum absolute atomic E-state index is 0.130. The van der Waals surface area contributed by atoms with Crippen LogP contribution in [-0.2, 0) is 0 Å². The van der Waals surface area contributed by atoms with Crippen molar-refractivity contribution in [3.05, 3.63) is 34.2 Å². The molecule has 0 spiro atoms. The molecule has 62 valence electrons. The number of benzene rings is 1. The average molecular weight is 164 g/mol. The zero-order valence-electron chi connectivity index (χ0n) is 6.57. The third-order valence-electron chi connectivity index (χ3n) is 1.59. The molecular formula is C8H8N2O2. The van der Waals surface area contributed by atoms with Crippen molar-refractivity contribution in [3.8, 4) is 0 Å². The lowest BCUT2D eigenvalue weighted by molar-refractivity contribution is 0.100. The normalized spacial score (nSPS) is 9.42. The Morgan fingerprint density at radius 1 is 1.50 bits per heavy atom. The van der Waals surface area contributed by atoms with Crippen molar-refractivity contribution in [2.75, 3.05) is 0 Å². The molecule has 1 aromatic rings. The van der Waals surface area contributed by atoms with Crippen molar-refractivity contribution in [1.82, 2.24) is 0 Å². The van der Waals surface area contributed by atoms with Crippen molar-refractivity contribution in [3.63, 3.8) is 0 Å². The highest BCUT2D eigenvalue weighted by atomic mass is 16.3. The second kappa shape index (κ2) is 3.13. The van der Waals surface area contributed by atoms with Gasteiger partial charge in [0.2, 0.25) is 0 Å². The van der Waals surface area contributed by atoms with Gasteiger partial charge in [-0.2, -0.15) is 0 Å². The van der Waals surface area contributed by atoms with Crippen LogP contribution >= 0.6 is 0 Å². The van der Waals surface area contributed by atoms with Crippen LogP contribution < -0.4 is 5.73 Å². The first-order chi connectivity index (χ1) is 5.66. The van der Waals surface area contributed by atoms with Gasteiger partial charge in [-0.15, -0.1) is 4.91 Å². The van der Waals surface area contributed by atoms with Crippen LogP contribution in [0, 0.1) is 11.8 Å². The van der Waals surface area contributed by atoms with Gasteiger partial charge in [-0.3, -0.25) is 4.79 Å². The third-order valence-corrected chi connectivity index (χ3v) is 1.59. The second-order valence-electron chi connectivity index (χ2n) is 2.43. The van der Waals surface area contributed by atoms with Gasteiger partial charge in [0.15, 0.2) is 0 Å². The van der Waals surface area contributed by atoms with E-state index >= 15 is 0 Å². The Bertz CT molecular complexity index is 334. The Balaban J connectivity index is 3.37. The number of hydrogen-bond donors (Lipinski definition) is 1. The Morgan fingerprint density at radius 3 is 2.58 bits per heavy atom. The van der Waals surface area contributed by atoms with Crippen molar-refractivity contribution >= 4 is 11.6 Å². The molecular weight excluding hydrogens is 156 g/mol. The summed E-state index contributed by atoms with van der Waals surface area (Å²) in [6.45, 7) is 1.70. The van der Waals surface area contributed by atoms with E-state index in [1.807, 2.05) is 0 Å². The zero-order valence-corrected chi connectivity index (χ0v) is 6.57. The molecule has 0 atom stereocenters. The molecule has 2 N–H and O–H groups in total. The van der Waals surface area contributed by atoms with Crippen LogP contribution in [-0.4, -0.2) is 5.91 Å². The van der Waals surface area contributed by atoms with Gasteiger partial charge in [0.25, 0.3) is 5.91 Å². The minimum atomic E-state index is -0.631. The zero-order chi connectivity index (χ0) is 9.14. The van der Waals surface area contributed by atoms with E-state index in [1.54, 1.807) is 19.1 Å². The van der Waals surface area contributed by atoms with Crippen molar-refractivity contribution in [2.24, 2.45) is 10.9 Å². The quantitative estimate of drug-likeness (QED) is 0.672. The monoisotopic (exact) mass is 164 g/mol. The molecule has 0 saturated heterocycles. The predicted molar refractivity (Wildman–Crippen MR) is 45.2 cm³/mol. The molecule has 0 fully saturated rings. The van der Waals surface area contributed by atoms with Crippen LogP contribution in [0.4, 0.5) is 5.69 Å². The van der Waals surface area contributed by atoms with Crippen molar-refractivity contribution in [1.29, 1.82) is 0 Å². The molecule has 1 aromatic carbocycles. The Labute approximate surface area is 69.4 Å². The maximum Gasteiger partial charge on any atom is 0.251 e. The van der Waals surface area contributed by atoms with Crippen LogP contribution in [0.5, 0.6) is 0 Å². The molecule has 1 amide bonds. The Kier molecular flexibility index (Phi) is 2.19. The molecule has 0 radical (unpaired) electrons. The maximum absolute atomic E-state index is 10.8. The van der Waals surface area contributed by atoms with Gasteiger partial charge in [0.05, 0.1) is 5.56 Å². The molecule has 0 heterocycles. The molecule has 0 aliphatic rings. The summed E-state index contributed by atoms with van der Waals surface area (Å²) >= 11 is 0. The molecule has 1 rings (SSSR count). The van der Waals surface area contributed by atoms with Crippen LogP contribution in [0.15, 0.2) is 23.4 Å². The van der Waals surface area contributed by atoms with Crippen molar-refractivity contribution < 1.29 is 4.79 Å². The van der Waals surface area contributed by atoms with Gasteiger partial charge in [-0.25, -0.2) is 0 Å². The van der Waals surface area contributed by atoms with E-state index in [1.165, 1.54) is 6.07 Å². The van der Waals surface area contributed by atoms with E-state index in [0.717, 1.165) is 0 Å². The van der Waals surface area contributed by atoms with E-state index < -0.39 is 5.91 Å². The van der Waals surface area contributed by atoms with Gasteiger partial charge in [-0.1, -0.05) is 12.1 Å². The fourth-order valence-corrected chi connectivity index (χ4v) is 0.979. The average Bonchev–Trinajstić information content (AvgIpc) is 2.03. The van der Waals surface area contributed by atoms with E-state index in [9.17, 15) is 9.70 Å². The van der Waals surface area contributed by atoms with Gasteiger partial charge in [-0.05, 0) is 23.7 Å². The summed E-state index contributed by atoms with van der Waals surface area (Å²) in [4.78, 5) is 21.1. The molecule has 0 aliphatic carbocycles. The summed E-state index contributed by atoms with van der Waals surface area (Å²) in [6, 6.07) is 4.83. The summed E-state index contributed by atoms with van der Waals surface area (Å²) in [6.07, 6.45) is 0. The largest absolute Gasteiger partial charge is 0.366 e. The fourth-order valence-electron chi connectivity index (χ4n) is 0.979. The van der Waals surface area contributed by atoms with Crippen LogP contribution in [0.25, 0.3) is 0 Å². The molecule has 0 aliphatic heterocycles. The van der Waals surface area contributed by atoms with Gasteiger partial charge >= 0.3 is 0 Å². The topological polar surface area (TPSA) is 72.5 Å². The van der Waals surface area contributed by atoms with Gasteiger partial charge in [0.1, 0.15) is 5.69 Å². The second-order valence-corrected chi connectivity index (χ2v) is 2.43. The number of carbonyl (C=O) groups excluding carboxylic acids is 1. The molecule has 12 heavy (non-hydrogen) atoms. The van der Waals surface area contributed by atoms with E-state index in [4.69, 9.17) is 5.73 Å². The standard InChI is InChI=1S/C8H8N2O2/c1-5-3-2-4-6(8(9)11)7(5)10-12/h2-4H,1H3,(H2,9,11). The SMILES string of the molecule is Cc1cccc(C(N)=O)c1N=O. The first kappa shape index (κ1) is 8.39. The van der Waals surface area contributed by atoms with E-state index in [0.29, 0.717) is 5.56 Å². The summed E-state index contributed by atoms with van der Waals surface area (Å²) in [5.41, 5.74) is 5.98. The maximum atomic E-state index is 10.8. The Hall–Kier alpha value is -1.71. The number of hydrogen-bond acceptors (Lipinski definition) is 3. The summed E-state index contributed by atoms with van der Waals surface area (Å²) in [5.74, 6) is -0.631. The summed E-state index contributed by atoms with van der Waals surface area (Å²) in [5, 5.41) is 2.74. The van der Waals surface area contributed by atoms with Crippen LogP contribution in [0.1, 0.15) is 15.9 Å². The molecule has 4 nitrogen and oxygen atoms in total. The number of primary amides is 1. The summed E-state index contributed by atoms with van der Waals surface area (Å²) < 4.78 is 0. The first-order valence-electron chi connectivity index (χ1n) is 3.39. The number of rotatable bonds is 2. The lowest BCUT2D eigenvalue weighted by Crippen LogP contribution is -2.11. The molecule has 0 aromatic heterocycles. The number of nitrogens with zero attached hydrogens (tertiary/aromatic N) is 1. The number of amides is 1. The number of nitroso groups, excluding NO2 is 1. The number of carbonyl (C=O) groups is 1. The van der Waals surface area contributed by atoms with E-state index in [2.05, 4.69) is 5.18 Å². The highest BCUT2D eigenvalue weighted by Gasteiger charge is 2.09. The van der Waals surface area contributed by atoms with E-state index in [-0.39, 0.29) is 11.3 Å². The highest BCUT2D eigenvalue weighted by Crippen LogP contribution is 2.22. The Morgan fingerprint density at radius 2 is 2.17 bits per heavy atom. The smallest absolute Gasteiger partial charge is 0.251 e. The molecule has 0 unspecified atom stereocenters. The van der Waals surface area contributed by atoms with Crippen LogP contribution in [0.3, 0.4) is 0 Å². The highest BCUT2D eigenvalue weighted by molar-refractivity contribution is 5.98. The third kappa shape index (κ3) is 1.32. The summed E-state index contributed by atoms with van der Waals surface area (Å²) in [7, 11) is 0. The van der Waals surface area contributed by atoms with Gasteiger partial charge in [0, 0.05) is 0 Å². The molecule has 0 bridgehead atoms. The first-order valence-corrected chi connectivity index (χ1v) is 3.39. The lowest BCUT2D eigenvalue weighted by Gasteiger charge is -2.00. The van der Waals surface area contributed by atoms with Crippen LogP contribution in [0.2, 0.25) is 0 Å².